The van der Waals surface area contributed by atoms with E-state index >= 15 is 0 Å². The maximum absolute atomic E-state index is 11.4. The summed E-state index contributed by atoms with van der Waals surface area (Å²) in [5, 5.41) is 0. The number of nitrogens with zero attached hydrogens (tertiary/aromatic N) is 2. The summed E-state index contributed by atoms with van der Waals surface area (Å²) in [6, 6.07) is 2.59. The van der Waals surface area contributed by atoms with Crippen LogP contribution in [0.5, 0.6) is 0 Å². The Balaban J connectivity index is 0.000000496. The lowest BCUT2D eigenvalue weighted by atomic mass is 10.3. The third-order valence-electron chi connectivity index (χ3n) is 2.29. The molecular weight excluding hydrogens is 422 g/mol. The van der Waals surface area contributed by atoms with Crippen molar-refractivity contribution in [2.45, 2.75) is 31.3 Å². The molecule has 144 valence electrons. The topological polar surface area (TPSA) is 86.3 Å². The van der Waals surface area contributed by atoms with Gasteiger partial charge in [0.2, 0.25) is 17.2 Å². The first-order valence-corrected chi connectivity index (χ1v) is 9.58. The van der Waals surface area contributed by atoms with Gasteiger partial charge in [-0.1, -0.05) is 18.3 Å². The first-order valence-electron chi connectivity index (χ1n) is 5.82. The van der Waals surface area contributed by atoms with Crippen molar-refractivity contribution in [1.29, 1.82) is 0 Å². The average Bonchev–Trinajstić information content (AvgIpc) is 2.75. The number of hydrogen-bond acceptors (Lipinski definition) is 5. The van der Waals surface area contributed by atoms with Crippen molar-refractivity contribution >= 4 is 31.4 Å². The molecule has 1 aromatic heterocycles. The van der Waals surface area contributed by atoms with Crippen LogP contribution in [0.3, 0.4) is 0 Å². The highest BCUT2D eigenvalue weighted by Crippen LogP contribution is 2.36. The van der Waals surface area contributed by atoms with Crippen LogP contribution in [0.2, 0.25) is 0 Å². The SMILES string of the molecule is C#C[n+]1csc(C)c1CC.O=S(=O)([N-]S(=O)(=O)C(F)(F)F)C(F)(F)F. The van der Waals surface area contributed by atoms with Crippen LogP contribution in [0.25, 0.3) is 4.13 Å². The number of rotatable bonds is 3. The molecule has 25 heavy (non-hydrogen) atoms. The fourth-order valence-electron chi connectivity index (χ4n) is 1.17. The first kappa shape index (κ1) is 23.6. The molecule has 0 radical (unpaired) electrons. The molecule has 0 amide bonds. The fraction of sp³-hybridized carbons (Fsp3) is 0.500. The van der Waals surface area contributed by atoms with E-state index in [1.54, 1.807) is 11.3 Å². The first-order chi connectivity index (χ1) is 11.0. The molecule has 0 N–H and O–H groups in total. The third-order valence-corrected chi connectivity index (χ3v) is 5.93. The van der Waals surface area contributed by atoms with Crippen molar-refractivity contribution in [2.24, 2.45) is 0 Å². The maximum atomic E-state index is 11.4. The highest BCUT2D eigenvalue weighted by atomic mass is 32.3. The van der Waals surface area contributed by atoms with Gasteiger partial charge in [0.15, 0.2) is 20.0 Å². The predicted molar refractivity (Wildman–Crippen MR) is 76.2 cm³/mol. The molecule has 1 rings (SSSR count). The Hall–Kier alpha value is -1.37. The van der Waals surface area contributed by atoms with Gasteiger partial charge in [-0.3, -0.25) is 0 Å². The standard InChI is InChI=1S/C8H10NS.C2F6NO4S2/c1-4-8-7(3)10-6-9(8)5-2;3-1(4,5)14(10,11)9-15(12,13)2(6,7)8/h2,6H,4H2,1,3H3;/q+1;-1. The molecule has 0 aliphatic rings. The van der Waals surface area contributed by atoms with E-state index in [1.165, 1.54) is 10.6 Å². The minimum Gasteiger partial charge on any atom is -0.421 e. The minimum absolute atomic E-state index is 0.778. The van der Waals surface area contributed by atoms with Gasteiger partial charge in [-0.15, -0.1) is 4.57 Å². The zero-order valence-electron chi connectivity index (χ0n) is 12.4. The van der Waals surface area contributed by atoms with Gasteiger partial charge in [-0.25, -0.2) is 16.8 Å². The lowest BCUT2D eigenvalue weighted by molar-refractivity contribution is -0.586. The summed E-state index contributed by atoms with van der Waals surface area (Å²) in [6.45, 7) is 4.21. The van der Waals surface area contributed by atoms with Crippen LogP contribution in [0.4, 0.5) is 26.3 Å². The van der Waals surface area contributed by atoms with Crippen molar-refractivity contribution in [3.8, 4) is 12.5 Å². The molecule has 0 saturated heterocycles. The molecule has 0 aromatic carbocycles. The summed E-state index contributed by atoms with van der Waals surface area (Å²) in [6.07, 6.45) is 6.27. The number of terminal acetylenes is 1. The Labute approximate surface area is 143 Å². The highest BCUT2D eigenvalue weighted by Gasteiger charge is 2.46. The van der Waals surface area contributed by atoms with Crippen LogP contribution in [0.15, 0.2) is 5.51 Å². The molecule has 0 aliphatic carbocycles. The summed E-state index contributed by atoms with van der Waals surface area (Å²) >= 11 is 1.70. The van der Waals surface area contributed by atoms with Crippen molar-refractivity contribution in [3.05, 3.63) is 20.2 Å². The van der Waals surface area contributed by atoms with Crippen LogP contribution in [-0.2, 0) is 26.5 Å². The number of hydrogen-bond donors (Lipinski definition) is 0. The summed E-state index contributed by atoms with van der Waals surface area (Å²) in [5.41, 5.74) is -9.18. The Morgan fingerprint density at radius 2 is 1.52 bits per heavy atom. The Kier molecular flexibility index (Phi) is 7.46. The van der Waals surface area contributed by atoms with Gasteiger partial charge in [-0.05, 0) is 13.3 Å². The second-order valence-electron chi connectivity index (χ2n) is 3.99. The normalized spacial score (nSPS) is 12.9. The highest BCUT2D eigenvalue weighted by molar-refractivity contribution is 8.13. The summed E-state index contributed by atoms with van der Waals surface area (Å²) in [5.74, 6) is 0. The Bertz CT molecular complexity index is 805. The zero-order valence-corrected chi connectivity index (χ0v) is 14.8. The van der Waals surface area contributed by atoms with Gasteiger partial charge < -0.3 is 4.13 Å². The van der Waals surface area contributed by atoms with E-state index in [-0.39, 0.29) is 0 Å². The van der Waals surface area contributed by atoms with Gasteiger partial charge in [-0.2, -0.15) is 26.3 Å². The van der Waals surface area contributed by atoms with E-state index in [9.17, 15) is 43.2 Å². The predicted octanol–water partition coefficient (Wildman–Crippen LogP) is 2.40. The summed E-state index contributed by atoms with van der Waals surface area (Å²) in [7, 11) is -13.4. The van der Waals surface area contributed by atoms with E-state index in [4.69, 9.17) is 6.42 Å². The third kappa shape index (κ3) is 6.13. The van der Waals surface area contributed by atoms with E-state index in [0.717, 1.165) is 10.5 Å². The molecule has 0 atom stereocenters. The quantitative estimate of drug-likeness (QED) is 0.417. The lowest BCUT2D eigenvalue weighted by Crippen LogP contribution is -2.30. The molecule has 0 saturated carbocycles. The molecular formula is C10H10F6N2O4S3. The van der Waals surface area contributed by atoms with Gasteiger partial charge in [0.25, 0.3) is 0 Å². The average molecular weight is 432 g/mol. The number of halogens is 6. The van der Waals surface area contributed by atoms with Crippen molar-refractivity contribution in [2.75, 3.05) is 0 Å². The lowest BCUT2D eigenvalue weighted by Gasteiger charge is -2.22. The van der Waals surface area contributed by atoms with Crippen molar-refractivity contribution in [3.63, 3.8) is 0 Å². The number of sulfonamides is 2. The molecule has 6 nitrogen and oxygen atoms in total. The molecule has 1 heterocycles. The number of thiazole rings is 1. The number of aryl methyl sites for hydroxylation is 1. The molecule has 0 unspecified atom stereocenters. The van der Waals surface area contributed by atoms with Crippen LogP contribution in [0, 0.1) is 19.4 Å². The maximum Gasteiger partial charge on any atom is 0.480 e. The van der Waals surface area contributed by atoms with Crippen LogP contribution in [0.1, 0.15) is 17.5 Å². The minimum atomic E-state index is -6.72. The van der Waals surface area contributed by atoms with Crippen LogP contribution >= 0.6 is 11.3 Å². The van der Waals surface area contributed by atoms with Crippen molar-refractivity contribution in [1.82, 2.24) is 0 Å². The Morgan fingerprint density at radius 3 is 1.76 bits per heavy atom. The van der Waals surface area contributed by atoms with E-state index in [1.807, 2.05) is 10.1 Å². The summed E-state index contributed by atoms with van der Waals surface area (Å²) in [4.78, 5) is 1.32. The van der Waals surface area contributed by atoms with E-state index in [2.05, 4.69) is 19.9 Å². The van der Waals surface area contributed by atoms with E-state index in [0.29, 0.717) is 0 Å². The molecule has 0 spiro atoms. The molecule has 0 aliphatic heterocycles. The number of aromatic nitrogens is 1. The van der Waals surface area contributed by atoms with E-state index < -0.39 is 31.1 Å². The molecule has 0 fully saturated rings. The van der Waals surface area contributed by atoms with Crippen molar-refractivity contribution < 1.29 is 47.7 Å². The zero-order chi connectivity index (χ0) is 20.3. The Morgan fingerprint density at radius 1 is 1.12 bits per heavy atom. The second-order valence-corrected chi connectivity index (χ2v) is 8.48. The van der Waals surface area contributed by atoms with Crippen LogP contribution < -0.4 is 4.57 Å². The molecule has 15 heteroatoms. The molecule has 0 bridgehead atoms. The van der Waals surface area contributed by atoms with Gasteiger partial charge in [0, 0.05) is 6.42 Å². The fourth-order valence-corrected chi connectivity index (χ4v) is 3.71. The van der Waals surface area contributed by atoms with Gasteiger partial charge in [0.05, 0.1) is 4.88 Å². The largest absolute Gasteiger partial charge is 0.480 e. The smallest absolute Gasteiger partial charge is 0.421 e. The molecule has 1 aromatic rings. The summed E-state index contributed by atoms with van der Waals surface area (Å²) < 4.78 is 111. The number of alkyl halides is 6. The monoisotopic (exact) mass is 432 g/mol. The second kappa shape index (κ2) is 7.89. The van der Waals surface area contributed by atoms with Crippen LogP contribution in [-0.4, -0.2) is 27.9 Å². The van der Waals surface area contributed by atoms with Gasteiger partial charge in [0.1, 0.15) is 0 Å². The van der Waals surface area contributed by atoms with Gasteiger partial charge >= 0.3 is 11.0 Å².